The second-order valence-electron chi connectivity index (χ2n) is 10.0. The van der Waals surface area contributed by atoms with Crippen molar-refractivity contribution in [3.05, 3.63) is 65.0 Å². The summed E-state index contributed by atoms with van der Waals surface area (Å²) in [6.07, 6.45) is -4.18. The lowest BCUT2D eigenvalue weighted by atomic mass is 9.82. The molecule has 1 N–H and O–H groups in total. The molecule has 3 aliphatic rings. The number of ether oxygens (including phenoxy) is 1. The molecule has 37 heavy (non-hydrogen) atoms. The van der Waals surface area contributed by atoms with Crippen LogP contribution in [-0.4, -0.2) is 80.8 Å². The van der Waals surface area contributed by atoms with E-state index in [0.717, 1.165) is 30.4 Å². The van der Waals surface area contributed by atoms with E-state index in [4.69, 9.17) is 4.74 Å². The zero-order chi connectivity index (χ0) is 26.0. The highest BCUT2D eigenvalue weighted by Gasteiger charge is 2.42. The Morgan fingerprint density at radius 2 is 1.76 bits per heavy atom. The molecule has 1 amide bonds. The molecule has 6 nitrogen and oxygen atoms in total. The summed E-state index contributed by atoms with van der Waals surface area (Å²) in [4.78, 5) is 20.0. The minimum absolute atomic E-state index is 0.130. The Morgan fingerprint density at radius 3 is 2.49 bits per heavy atom. The summed E-state index contributed by atoms with van der Waals surface area (Å²) >= 11 is 0. The molecule has 2 aromatic carbocycles. The van der Waals surface area contributed by atoms with Gasteiger partial charge in [0.2, 0.25) is 5.91 Å². The zero-order valence-electron chi connectivity index (χ0n) is 20.6. The van der Waals surface area contributed by atoms with Gasteiger partial charge in [0.25, 0.3) is 0 Å². The molecule has 2 atom stereocenters. The molecule has 2 fully saturated rings. The molecule has 0 aromatic heterocycles. The van der Waals surface area contributed by atoms with E-state index in [1.807, 2.05) is 0 Å². The van der Waals surface area contributed by atoms with Crippen molar-refractivity contribution >= 4 is 11.6 Å². The Kier molecular flexibility index (Phi) is 7.69. The molecule has 3 aliphatic heterocycles. The van der Waals surface area contributed by atoms with Gasteiger partial charge in [-0.15, -0.1) is 0 Å². The smallest absolute Gasteiger partial charge is 0.379 e. The Balaban J connectivity index is 1.33. The number of hydrogen-bond donors (Lipinski definition) is 1. The Morgan fingerprint density at radius 1 is 1.00 bits per heavy atom. The first kappa shape index (κ1) is 25.9. The first-order valence-electron chi connectivity index (χ1n) is 12.8. The monoisotopic (exact) mass is 520 g/mol. The summed E-state index contributed by atoms with van der Waals surface area (Å²) in [6, 6.07) is 10.1. The van der Waals surface area contributed by atoms with Gasteiger partial charge in [-0.2, -0.15) is 13.2 Å². The summed E-state index contributed by atoms with van der Waals surface area (Å²) in [5.41, 5.74) is 1.63. The van der Waals surface area contributed by atoms with Crippen LogP contribution in [0.5, 0.6) is 0 Å². The molecule has 200 valence electrons. The topological polar surface area (TPSA) is 48.1 Å². The molecular weight excluding hydrogens is 488 g/mol. The number of rotatable bonds is 6. The standard InChI is InChI=1S/C27H32F4N4O2/c28-22-4-1-19(2-5-22)17-34-9-10-35-24-6-3-21(27(29,30)31)15-20(24)16-23(25(35)18-34)26(36)32-7-8-33-11-13-37-14-12-33/h1-6,15,23,25H,7-14,16-18H2,(H,32,36)/t23-,25-/m1/s1. The van der Waals surface area contributed by atoms with E-state index in [0.29, 0.717) is 58.0 Å². The Hall–Kier alpha value is -2.69. The maximum absolute atomic E-state index is 13.4. The van der Waals surface area contributed by atoms with Crippen molar-refractivity contribution in [3.8, 4) is 0 Å². The van der Waals surface area contributed by atoms with E-state index >= 15 is 0 Å². The van der Waals surface area contributed by atoms with Crippen molar-refractivity contribution in [2.45, 2.75) is 25.2 Å². The third-order valence-corrected chi connectivity index (χ3v) is 7.61. The second-order valence-corrected chi connectivity index (χ2v) is 10.0. The van der Waals surface area contributed by atoms with Crippen LogP contribution in [0, 0.1) is 11.7 Å². The minimum atomic E-state index is -4.43. The van der Waals surface area contributed by atoms with Gasteiger partial charge in [0.1, 0.15) is 5.82 Å². The molecule has 0 unspecified atom stereocenters. The summed E-state index contributed by atoms with van der Waals surface area (Å²) in [5.74, 6) is -0.892. The highest BCUT2D eigenvalue weighted by atomic mass is 19.4. The van der Waals surface area contributed by atoms with Crippen molar-refractivity contribution in [3.63, 3.8) is 0 Å². The number of carbonyl (C=O) groups excluding carboxylic acids is 1. The molecule has 3 heterocycles. The van der Waals surface area contributed by atoms with Crippen molar-refractivity contribution in [1.29, 1.82) is 0 Å². The van der Waals surface area contributed by atoms with Crippen LogP contribution in [-0.2, 0) is 28.7 Å². The predicted octanol–water partition coefficient (Wildman–Crippen LogP) is 3.16. The lowest BCUT2D eigenvalue weighted by Gasteiger charge is -2.49. The number of morpholine rings is 1. The summed E-state index contributed by atoms with van der Waals surface area (Å²) in [5, 5.41) is 3.05. The summed E-state index contributed by atoms with van der Waals surface area (Å²) in [7, 11) is 0. The van der Waals surface area contributed by atoms with Crippen LogP contribution in [0.2, 0.25) is 0 Å². The number of fused-ring (bicyclic) bond motifs is 3. The van der Waals surface area contributed by atoms with Crippen molar-refractivity contribution in [1.82, 2.24) is 15.1 Å². The lowest BCUT2D eigenvalue weighted by Crippen LogP contribution is -2.61. The fourth-order valence-corrected chi connectivity index (χ4v) is 5.64. The van der Waals surface area contributed by atoms with E-state index in [9.17, 15) is 22.4 Å². The SMILES string of the molecule is O=C(NCCN1CCOCC1)[C@@H]1Cc2cc(C(F)(F)F)ccc2N2CCN(Cc3ccc(F)cc3)C[C@H]12. The van der Waals surface area contributed by atoms with Gasteiger partial charge in [-0.1, -0.05) is 12.1 Å². The molecule has 5 rings (SSSR count). The average molecular weight is 521 g/mol. The number of piperazine rings is 1. The number of benzene rings is 2. The van der Waals surface area contributed by atoms with Crippen LogP contribution in [0.1, 0.15) is 16.7 Å². The van der Waals surface area contributed by atoms with Gasteiger partial charge in [-0.3, -0.25) is 14.6 Å². The van der Waals surface area contributed by atoms with Gasteiger partial charge >= 0.3 is 6.18 Å². The number of nitrogens with one attached hydrogen (secondary N) is 1. The molecule has 0 spiro atoms. The van der Waals surface area contributed by atoms with Gasteiger partial charge in [0, 0.05) is 58.0 Å². The van der Waals surface area contributed by atoms with Crippen LogP contribution >= 0.6 is 0 Å². The molecule has 0 saturated carbocycles. The third-order valence-electron chi connectivity index (χ3n) is 7.61. The number of nitrogens with zero attached hydrogens (tertiary/aromatic N) is 3. The van der Waals surface area contributed by atoms with Crippen molar-refractivity contribution in [2.75, 3.05) is 63.9 Å². The molecule has 0 radical (unpaired) electrons. The molecule has 10 heteroatoms. The van der Waals surface area contributed by atoms with Crippen molar-refractivity contribution in [2.24, 2.45) is 5.92 Å². The lowest BCUT2D eigenvalue weighted by molar-refractivity contribution is -0.137. The summed E-state index contributed by atoms with van der Waals surface area (Å²) < 4.78 is 59.0. The predicted molar refractivity (Wildman–Crippen MR) is 132 cm³/mol. The minimum Gasteiger partial charge on any atom is -0.379 e. The average Bonchev–Trinajstić information content (AvgIpc) is 2.89. The number of alkyl halides is 3. The number of carbonyl (C=O) groups is 1. The van der Waals surface area contributed by atoms with E-state index in [2.05, 4.69) is 20.0 Å². The Labute approximate surface area is 214 Å². The maximum Gasteiger partial charge on any atom is 0.416 e. The largest absolute Gasteiger partial charge is 0.416 e. The third kappa shape index (κ3) is 6.08. The molecular formula is C27H32F4N4O2. The highest BCUT2D eigenvalue weighted by molar-refractivity contribution is 5.82. The van der Waals surface area contributed by atoms with Gasteiger partial charge < -0.3 is 15.0 Å². The van der Waals surface area contributed by atoms with Crippen LogP contribution in [0.25, 0.3) is 0 Å². The number of amides is 1. The van der Waals surface area contributed by atoms with Crippen LogP contribution in [0.4, 0.5) is 23.2 Å². The second kappa shape index (κ2) is 11.0. The quantitative estimate of drug-likeness (QED) is 0.594. The van der Waals surface area contributed by atoms with Gasteiger partial charge in [-0.25, -0.2) is 4.39 Å². The zero-order valence-corrected chi connectivity index (χ0v) is 20.6. The van der Waals surface area contributed by atoms with Crippen LogP contribution < -0.4 is 10.2 Å². The molecule has 0 aliphatic carbocycles. The first-order valence-corrected chi connectivity index (χ1v) is 12.8. The number of halogens is 4. The Bertz CT molecular complexity index is 1090. The number of anilines is 1. The fraction of sp³-hybridized carbons (Fsp3) is 0.519. The van der Waals surface area contributed by atoms with Crippen LogP contribution in [0.15, 0.2) is 42.5 Å². The molecule has 2 aromatic rings. The van der Waals surface area contributed by atoms with E-state index in [1.54, 1.807) is 18.2 Å². The van der Waals surface area contributed by atoms with Gasteiger partial charge in [-0.05, 0) is 47.9 Å². The van der Waals surface area contributed by atoms with Crippen molar-refractivity contribution < 1.29 is 27.1 Å². The molecule has 2 saturated heterocycles. The fourth-order valence-electron chi connectivity index (χ4n) is 5.64. The van der Waals surface area contributed by atoms with E-state index < -0.39 is 17.7 Å². The highest BCUT2D eigenvalue weighted by Crippen LogP contribution is 2.40. The first-order chi connectivity index (χ1) is 17.8. The number of hydrogen-bond acceptors (Lipinski definition) is 5. The van der Waals surface area contributed by atoms with Gasteiger partial charge in [0.05, 0.1) is 30.7 Å². The van der Waals surface area contributed by atoms with E-state index in [-0.39, 0.29) is 24.2 Å². The van der Waals surface area contributed by atoms with E-state index in [1.165, 1.54) is 18.2 Å². The molecule has 0 bridgehead atoms. The summed E-state index contributed by atoms with van der Waals surface area (Å²) in [6.45, 7) is 6.70. The maximum atomic E-state index is 13.4. The van der Waals surface area contributed by atoms with Gasteiger partial charge in [0.15, 0.2) is 0 Å². The normalized spacial score (nSPS) is 22.9. The van der Waals surface area contributed by atoms with Crippen LogP contribution in [0.3, 0.4) is 0 Å².